The van der Waals surface area contributed by atoms with Crippen LogP contribution in [0.4, 0.5) is 5.69 Å². The smallest absolute Gasteiger partial charge is 0.354 e. The zero-order chi connectivity index (χ0) is 13.8. The molecule has 0 bridgehead atoms. The van der Waals surface area contributed by atoms with Gasteiger partial charge in [0, 0.05) is 25.0 Å². The average Bonchev–Trinajstić information content (AvgIpc) is 2.46. The minimum Gasteiger partial charge on any atom is -0.477 e. The number of aromatic nitrogens is 2. The molecule has 0 aromatic carbocycles. The molecule has 0 spiro atoms. The highest BCUT2D eigenvalue weighted by molar-refractivity contribution is 6.05. The van der Waals surface area contributed by atoms with E-state index in [1.54, 1.807) is 19.2 Å². The summed E-state index contributed by atoms with van der Waals surface area (Å²) >= 11 is 0. The third kappa shape index (κ3) is 2.74. The van der Waals surface area contributed by atoms with Gasteiger partial charge in [-0.25, -0.2) is 9.78 Å². The molecule has 0 atom stereocenters. The lowest BCUT2D eigenvalue weighted by Gasteiger charge is -2.16. The minimum atomic E-state index is -1.10. The molecule has 0 aliphatic rings. The van der Waals surface area contributed by atoms with E-state index < -0.39 is 5.97 Å². The molecule has 1 amide bonds. The molecule has 0 radical (unpaired) electrons. The van der Waals surface area contributed by atoms with Crippen LogP contribution in [0.5, 0.6) is 0 Å². The average molecular weight is 257 g/mol. The summed E-state index contributed by atoms with van der Waals surface area (Å²) in [6, 6.07) is 6.11. The number of carbonyl (C=O) groups is 2. The summed E-state index contributed by atoms with van der Waals surface area (Å²) in [5, 5.41) is 8.75. The summed E-state index contributed by atoms with van der Waals surface area (Å²) < 4.78 is 0. The van der Waals surface area contributed by atoms with Gasteiger partial charge in [-0.2, -0.15) is 0 Å². The first-order chi connectivity index (χ1) is 9.09. The molecule has 2 aromatic rings. The second-order valence-electron chi connectivity index (χ2n) is 3.81. The molecule has 6 nitrogen and oxygen atoms in total. The van der Waals surface area contributed by atoms with Crippen LogP contribution in [0, 0.1) is 0 Å². The Kier molecular flexibility index (Phi) is 3.51. The van der Waals surface area contributed by atoms with Gasteiger partial charge in [0.15, 0.2) is 0 Å². The molecule has 1 N–H and O–H groups in total. The lowest BCUT2D eigenvalue weighted by atomic mass is 10.2. The van der Waals surface area contributed by atoms with Gasteiger partial charge in [0.2, 0.25) is 0 Å². The number of hydrogen-bond donors (Lipinski definition) is 1. The van der Waals surface area contributed by atoms with Crippen LogP contribution in [0.15, 0.2) is 42.9 Å². The van der Waals surface area contributed by atoms with Gasteiger partial charge in [-0.1, -0.05) is 0 Å². The van der Waals surface area contributed by atoms with E-state index in [0.717, 1.165) is 0 Å². The Hall–Kier alpha value is -2.76. The first-order valence-electron chi connectivity index (χ1n) is 5.47. The van der Waals surface area contributed by atoms with Crippen molar-refractivity contribution in [2.45, 2.75) is 0 Å². The number of aromatic carboxylic acids is 1. The zero-order valence-corrected chi connectivity index (χ0v) is 10.1. The van der Waals surface area contributed by atoms with Gasteiger partial charge in [-0.05, 0) is 24.3 Å². The summed E-state index contributed by atoms with van der Waals surface area (Å²) in [5.41, 5.74) is 0.958. The molecule has 2 heterocycles. The Morgan fingerprint density at radius 1 is 1.16 bits per heavy atom. The Bertz CT molecular complexity index is 596. The Labute approximate surface area is 109 Å². The van der Waals surface area contributed by atoms with Gasteiger partial charge >= 0.3 is 5.97 Å². The minimum absolute atomic E-state index is 0.0616. The van der Waals surface area contributed by atoms with Crippen molar-refractivity contribution in [1.29, 1.82) is 0 Å². The van der Waals surface area contributed by atoms with Crippen molar-refractivity contribution in [2.24, 2.45) is 0 Å². The second kappa shape index (κ2) is 5.26. The quantitative estimate of drug-likeness (QED) is 0.899. The number of carboxylic acid groups (broad SMARTS) is 1. The number of pyridine rings is 2. The Morgan fingerprint density at radius 2 is 1.84 bits per heavy atom. The second-order valence-corrected chi connectivity index (χ2v) is 3.81. The van der Waals surface area contributed by atoms with Gasteiger partial charge < -0.3 is 10.0 Å². The van der Waals surface area contributed by atoms with Crippen molar-refractivity contribution < 1.29 is 14.7 Å². The molecule has 6 heteroatoms. The molecule has 0 aliphatic carbocycles. The van der Waals surface area contributed by atoms with Crippen LogP contribution in [0.1, 0.15) is 20.8 Å². The van der Waals surface area contributed by atoms with E-state index in [1.165, 1.54) is 35.6 Å². The molecule has 0 saturated carbocycles. The fourth-order valence-electron chi connectivity index (χ4n) is 1.52. The van der Waals surface area contributed by atoms with Crippen LogP contribution >= 0.6 is 0 Å². The van der Waals surface area contributed by atoms with Crippen molar-refractivity contribution in [2.75, 3.05) is 11.9 Å². The highest BCUT2D eigenvalue weighted by Gasteiger charge is 2.14. The molecule has 0 fully saturated rings. The Morgan fingerprint density at radius 3 is 2.37 bits per heavy atom. The normalized spacial score (nSPS) is 9.95. The van der Waals surface area contributed by atoms with E-state index in [2.05, 4.69) is 9.97 Å². The fraction of sp³-hybridized carbons (Fsp3) is 0.0769. The Balaban J connectivity index is 2.22. The van der Waals surface area contributed by atoms with Crippen LogP contribution < -0.4 is 4.90 Å². The van der Waals surface area contributed by atoms with Crippen molar-refractivity contribution >= 4 is 17.6 Å². The molecular formula is C13H11N3O3. The van der Waals surface area contributed by atoms with E-state index in [-0.39, 0.29) is 11.6 Å². The maximum Gasteiger partial charge on any atom is 0.354 e. The molecule has 0 unspecified atom stereocenters. The number of nitrogens with zero attached hydrogens (tertiary/aromatic N) is 3. The predicted molar refractivity (Wildman–Crippen MR) is 68.2 cm³/mol. The SMILES string of the molecule is CN(C(=O)c1ccncc1)c1ccc(C(=O)O)nc1. The highest BCUT2D eigenvalue weighted by Crippen LogP contribution is 2.14. The number of hydrogen-bond acceptors (Lipinski definition) is 4. The molecule has 0 saturated heterocycles. The number of carboxylic acids is 1. The van der Waals surface area contributed by atoms with Gasteiger partial charge in [0.1, 0.15) is 5.69 Å². The molecule has 0 aliphatic heterocycles. The monoisotopic (exact) mass is 257 g/mol. The largest absolute Gasteiger partial charge is 0.477 e. The molecule has 2 aromatic heterocycles. The van der Waals surface area contributed by atoms with Crippen LogP contribution in [0.25, 0.3) is 0 Å². The lowest BCUT2D eigenvalue weighted by molar-refractivity contribution is 0.0690. The van der Waals surface area contributed by atoms with Crippen LogP contribution in [-0.4, -0.2) is 34.0 Å². The maximum absolute atomic E-state index is 12.1. The van der Waals surface area contributed by atoms with Crippen LogP contribution in [0.2, 0.25) is 0 Å². The number of amides is 1. The third-order valence-corrected chi connectivity index (χ3v) is 2.59. The van der Waals surface area contributed by atoms with Gasteiger partial charge in [0.05, 0.1) is 11.9 Å². The third-order valence-electron chi connectivity index (χ3n) is 2.59. The van der Waals surface area contributed by atoms with E-state index >= 15 is 0 Å². The maximum atomic E-state index is 12.1. The van der Waals surface area contributed by atoms with E-state index in [4.69, 9.17) is 5.11 Å². The van der Waals surface area contributed by atoms with E-state index in [0.29, 0.717) is 11.3 Å². The molecule has 19 heavy (non-hydrogen) atoms. The molecule has 2 rings (SSSR count). The summed E-state index contributed by atoms with van der Waals surface area (Å²) in [5.74, 6) is -1.32. The van der Waals surface area contributed by atoms with E-state index in [1.807, 2.05) is 0 Å². The standard InChI is InChI=1S/C13H11N3O3/c1-16(12(17)9-4-6-14-7-5-9)10-2-3-11(13(18)19)15-8-10/h2-8H,1H3,(H,18,19). The first kappa shape index (κ1) is 12.7. The van der Waals surface area contributed by atoms with Crippen molar-refractivity contribution in [3.8, 4) is 0 Å². The fourth-order valence-corrected chi connectivity index (χ4v) is 1.52. The first-order valence-corrected chi connectivity index (χ1v) is 5.47. The lowest BCUT2D eigenvalue weighted by Crippen LogP contribution is -2.26. The molecule has 96 valence electrons. The van der Waals surface area contributed by atoms with Crippen LogP contribution in [-0.2, 0) is 0 Å². The summed E-state index contributed by atoms with van der Waals surface area (Å²) in [4.78, 5) is 31.8. The topological polar surface area (TPSA) is 83.4 Å². The van der Waals surface area contributed by atoms with Gasteiger partial charge in [-0.3, -0.25) is 9.78 Å². The zero-order valence-electron chi connectivity index (χ0n) is 10.1. The number of rotatable bonds is 3. The van der Waals surface area contributed by atoms with Crippen molar-refractivity contribution in [1.82, 2.24) is 9.97 Å². The van der Waals surface area contributed by atoms with Crippen molar-refractivity contribution in [3.05, 3.63) is 54.1 Å². The number of carbonyl (C=O) groups excluding carboxylic acids is 1. The van der Waals surface area contributed by atoms with Crippen LogP contribution in [0.3, 0.4) is 0 Å². The van der Waals surface area contributed by atoms with Crippen molar-refractivity contribution in [3.63, 3.8) is 0 Å². The summed E-state index contributed by atoms with van der Waals surface area (Å²) in [6.45, 7) is 0. The van der Waals surface area contributed by atoms with E-state index in [9.17, 15) is 9.59 Å². The summed E-state index contributed by atoms with van der Waals surface area (Å²) in [6.07, 6.45) is 4.42. The number of anilines is 1. The highest BCUT2D eigenvalue weighted by atomic mass is 16.4. The molecular weight excluding hydrogens is 246 g/mol. The van der Waals surface area contributed by atoms with Gasteiger partial charge in [0.25, 0.3) is 5.91 Å². The predicted octanol–water partition coefficient (Wildman–Crippen LogP) is 1.45. The van der Waals surface area contributed by atoms with Gasteiger partial charge in [-0.15, -0.1) is 0 Å². The summed E-state index contributed by atoms with van der Waals surface area (Å²) in [7, 11) is 1.60.